The molecule has 0 spiro atoms. The number of nitrogens with zero attached hydrogens (tertiary/aromatic N) is 1. The Labute approximate surface area is 124 Å². The number of hydrogen-bond acceptors (Lipinski definition) is 2. The predicted molar refractivity (Wildman–Crippen MR) is 79.3 cm³/mol. The van der Waals surface area contributed by atoms with E-state index in [-0.39, 0.29) is 18.1 Å². The summed E-state index contributed by atoms with van der Waals surface area (Å²) in [6.45, 7) is 3.30. The molecule has 1 aromatic carbocycles. The molecule has 3 nitrogen and oxygen atoms in total. The van der Waals surface area contributed by atoms with Crippen molar-refractivity contribution < 1.29 is 14.3 Å². The highest BCUT2D eigenvalue weighted by molar-refractivity contribution is 5.97. The van der Waals surface area contributed by atoms with Crippen LogP contribution in [0, 0.1) is 23.6 Å². The smallest absolute Gasteiger partial charge is 0.255 e. The molecule has 1 aromatic rings. The average molecular weight is 289 g/mol. The molecule has 112 valence electrons. The summed E-state index contributed by atoms with van der Waals surface area (Å²) in [5.74, 6) is 5.15. The molecule has 1 N–H and O–H groups in total. The van der Waals surface area contributed by atoms with Crippen molar-refractivity contribution in [3.05, 3.63) is 35.1 Å². The standard InChI is InChI=1S/C17H20FNO2/c1-2-4-13-8-9-19(12-13)17(21)16-11-15(18)7-6-14(16)5-3-10-20/h6-7,11,13,20H,2,4,8-10,12H2,1H3. The molecule has 2 rings (SSSR count). The number of carbonyl (C=O) groups is 1. The van der Waals surface area contributed by atoms with Crippen molar-refractivity contribution in [1.82, 2.24) is 4.90 Å². The number of aliphatic hydroxyl groups excluding tert-OH is 1. The van der Waals surface area contributed by atoms with Crippen molar-refractivity contribution in [2.75, 3.05) is 19.7 Å². The van der Waals surface area contributed by atoms with Crippen LogP contribution in [0.25, 0.3) is 0 Å². The molecule has 1 aliphatic rings. The number of carbonyl (C=O) groups excluding carboxylic acids is 1. The first kappa shape index (κ1) is 15.5. The second-order valence-electron chi connectivity index (χ2n) is 5.34. The molecule has 1 heterocycles. The van der Waals surface area contributed by atoms with Gasteiger partial charge in [0.2, 0.25) is 0 Å². The van der Waals surface area contributed by atoms with Gasteiger partial charge in [-0.15, -0.1) is 0 Å². The molecule has 1 fully saturated rings. The minimum absolute atomic E-state index is 0.171. The van der Waals surface area contributed by atoms with Gasteiger partial charge < -0.3 is 10.0 Å². The van der Waals surface area contributed by atoms with Crippen LogP contribution in [0.3, 0.4) is 0 Å². The lowest BCUT2D eigenvalue weighted by molar-refractivity contribution is 0.0785. The van der Waals surface area contributed by atoms with Gasteiger partial charge in [-0.05, 0) is 37.0 Å². The molecule has 0 aromatic heterocycles. The molecule has 1 unspecified atom stereocenters. The third-order valence-electron chi connectivity index (χ3n) is 3.78. The third-order valence-corrected chi connectivity index (χ3v) is 3.78. The lowest BCUT2D eigenvalue weighted by Crippen LogP contribution is -2.29. The number of hydrogen-bond donors (Lipinski definition) is 1. The van der Waals surface area contributed by atoms with Gasteiger partial charge in [0, 0.05) is 18.7 Å². The molecule has 0 saturated carbocycles. The van der Waals surface area contributed by atoms with Crippen LogP contribution in [0.4, 0.5) is 4.39 Å². The number of aliphatic hydroxyl groups is 1. The van der Waals surface area contributed by atoms with Crippen LogP contribution in [-0.2, 0) is 0 Å². The van der Waals surface area contributed by atoms with Gasteiger partial charge in [-0.2, -0.15) is 0 Å². The predicted octanol–water partition coefficient (Wildman–Crippen LogP) is 2.43. The summed E-state index contributed by atoms with van der Waals surface area (Å²) < 4.78 is 13.4. The minimum atomic E-state index is -0.447. The SMILES string of the molecule is CCCC1CCN(C(=O)c2cc(F)ccc2C#CCO)C1. The van der Waals surface area contributed by atoms with E-state index in [2.05, 4.69) is 18.8 Å². The van der Waals surface area contributed by atoms with Gasteiger partial charge in [-0.3, -0.25) is 4.79 Å². The van der Waals surface area contributed by atoms with Crippen molar-refractivity contribution in [3.8, 4) is 11.8 Å². The zero-order valence-electron chi connectivity index (χ0n) is 12.2. The van der Waals surface area contributed by atoms with E-state index in [1.165, 1.54) is 18.2 Å². The molecule has 1 atom stereocenters. The molecule has 1 saturated heterocycles. The van der Waals surface area contributed by atoms with E-state index in [0.717, 1.165) is 25.8 Å². The fourth-order valence-electron chi connectivity index (χ4n) is 2.77. The Morgan fingerprint density at radius 1 is 1.52 bits per heavy atom. The van der Waals surface area contributed by atoms with E-state index >= 15 is 0 Å². The number of likely N-dealkylation sites (tertiary alicyclic amines) is 1. The first-order valence-corrected chi connectivity index (χ1v) is 7.34. The van der Waals surface area contributed by atoms with Crippen LogP contribution in [0.2, 0.25) is 0 Å². The van der Waals surface area contributed by atoms with Gasteiger partial charge in [0.25, 0.3) is 5.91 Å². The number of halogens is 1. The Balaban J connectivity index is 2.21. The lowest BCUT2D eigenvalue weighted by Gasteiger charge is -2.17. The Hall–Kier alpha value is -1.86. The Kier molecular flexibility index (Phi) is 5.35. The Morgan fingerprint density at radius 2 is 2.33 bits per heavy atom. The average Bonchev–Trinajstić information content (AvgIpc) is 2.94. The molecule has 1 amide bonds. The molecule has 21 heavy (non-hydrogen) atoms. The summed E-state index contributed by atoms with van der Waals surface area (Å²) in [6.07, 6.45) is 3.23. The summed E-state index contributed by atoms with van der Waals surface area (Å²) in [5.41, 5.74) is 0.752. The van der Waals surface area contributed by atoms with E-state index < -0.39 is 5.82 Å². The van der Waals surface area contributed by atoms with Crippen LogP contribution in [0.1, 0.15) is 42.1 Å². The molecule has 4 heteroatoms. The van der Waals surface area contributed by atoms with E-state index in [4.69, 9.17) is 5.11 Å². The molecular weight excluding hydrogens is 269 g/mol. The summed E-state index contributed by atoms with van der Waals surface area (Å²) in [5, 5.41) is 8.77. The van der Waals surface area contributed by atoms with Crippen LogP contribution in [0.15, 0.2) is 18.2 Å². The highest BCUT2D eigenvalue weighted by atomic mass is 19.1. The zero-order valence-corrected chi connectivity index (χ0v) is 12.2. The monoisotopic (exact) mass is 289 g/mol. The van der Waals surface area contributed by atoms with Gasteiger partial charge in [0.15, 0.2) is 0 Å². The van der Waals surface area contributed by atoms with Gasteiger partial charge in [0.05, 0.1) is 5.56 Å². The van der Waals surface area contributed by atoms with Crippen molar-refractivity contribution in [3.63, 3.8) is 0 Å². The highest BCUT2D eigenvalue weighted by Gasteiger charge is 2.27. The maximum absolute atomic E-state index is 13.4. The summed E-state index contributed by atoms with van der Waals surface area (Å²) in [7, 11) is 0. The maximum Gasteiger partial charge on any atom is 0.255 e. The molecule has 1 aliphatic heterocycles. The Morgan fingerprint density at radius 3 is 3.05 bits per heavy atom. The molecule has 0 radical (unpaired) electrons. The van der Waals surface area contributed by atoms with Gasteiger partial charge in [0.1, 0.15) is 12.4 Å². The van der Waals surface area contributed by atoms with Crippen molar-refractivity contribution >= 4 is 5.91 Å². The van der Waals surface area contributed by atoms with E-state index in [0.29, 0.717) is 18.0 Å². The first-order chi connectivity index (χ1) is 10.2. The zero-order chi connectivity index (χ0) is 15.2. The van der Waals surface area contributed by atoms with Crippen molar-refractivity contribution in [1.29, 1.82) is 0 Å². The largest absolute Gasteiger partial charge is 0.384 e. The van der Waals surface area contributed by atoms with Crippen LogP contribution < -0.4 is 0 Å². The second kappa shape index (κ2) is 7.24. The normalized spacial score (nSPS) is 17.5. The van der Waals surface area contributed by atoms with E-state index in [1.54, 1.807) is 4.90 Å². The summed E-state index contributed by atoms with van der Waals surface area (Å²) >= 11 is 0. The fraction of sp³-hybridized carbons (Fsp3) is 0.471. The lowest BCUT2D eigenvalue weighted by atomic mass is 10.0. The number of benzene rings is 1. The van der Waals surface area contributed by atoms with Crippen LogP contribution in [-0.4, -0.2) is 35.6 Å². The van der Waals surface area contributed by atoms with Crippen molar-refractivity contribution in [2.45, 2.75) is 26.2 Å². The molecular formula is C17H20FNO2. The Bertz CT molecular complexity index is 574. The van der Waals surface area contributed by atoms with E-state index in [9.17, 15) is 9.18 Å². The van der Waals surface area contributed by atoms with Crippen LogP contribution >= 0.6 is 0 Å². The molecule has 0 bridgehead atoms. The van der Waals surface area contributed by atoms with Crippen molar-refractivity contribution in [2.24, 2.45) is 5.92 Å². The third kappa shape index (κ3) is 3.83. The van der Waals surface area contributed by atoms with Gasteiger partial charge >= 0.3 is 0 Å². The summed E-state index contributed by atoms with van der Waals surface area (Å²) in [4.78, 5) is 14.3. The highest BCUT2D eigenvalue weighted by Crippen LogP contribution is 2.23. The second-order valence-corrected chi connectivity index (χ2v) is 5.34. The minimum Gasteiger partial charge on any atom is -0.384 e. The quantitative estimate of drug-likeness (QED) is 0.868. The number of rotatable bonds is 3. The fourth-order valence-corrected chi connectivity index (χ4v) is 2.77. The number of amides is 1. The summed E-state index contributed by atoms with van der Waals surface area (Å²) in [6, 6.07) is 4.00. The maximum atomic E-state index is 13.4. The molecule has 0 aliphatic carbocycles. The van der Waals surface area contributed by atoms with Crippen LogP contribution in [0.5, 0.6) is 0 Å². The topological polar surface area (TPSA) is 40.5 Å². The van der Waals surface area contributed by atoms with Gasteiger partial charge in [-0.1, -0.05) is 25.2 Å². The first-order valence-electron chi connectivity index (χ1n) is 7.34. The van der Waals surface area contributed by atoms with Gasteiger partial charge in [-0.25, -0.2) is 4.39 Å². The van der Waals surface area contributed by atoms with E-state index in [1.807, 2.05) is 0 Å².